The Kier molecular flexibility index (Phi) is 9.45. The number of hydrogen-bond acceptors (Lipinski definition) is 5. The normalized spacial score (nSPS) is 18.5. The Bertz CT molecular complexity index is 802. The van der Waals surface area contributed by atoms with Gasteiger partial charge in [0.1, 0.15) is 11.9 Å². The summed E-state index contributed by atoms with van der Waals surface area (Å²) in [4.78, 5) is 11.2. The molecule has 2 fully saturated rings. The highest BCUT2D eigenvalue weighted by molar-refractivity contribution is 14.0. The molecule has 4 rings (SSSR count). The Hall–Kier alpha value is -1.81. The minimum absolute atomic E-state index is 0. The van der Waals surface area contributed by atoms with Crippen molar-refractivity contribution < 1.29 is 9.15 Å². The van der Waals surface area contributed by atoms with Crippen molar-refractivity contribution in [2.75, 3.05) is 26.7 Å². The van der Waals surface area contributed by atoms with Crippen molar-refractivity contribution in [3.63, 3.8) is 0 Å². The number of ether oxygens (including phenoxy) is 1. The number of aliphatic imine (C=N–C) groups is 1. The van der Waals surface area contributed by atoms with Gasteiger partial charge in [0.25, 0.3) is 0 Å². The molecular formula is C23H34IN5O2. The zero-order valence-electron chi connectivity index (χ0n) is 18.3. The Labute approximate surface area is 202 Å². The van der Waals surface area contributed by atoms with Crippen molar-refractivity contribution in [1.82, 2.24) is 20.5 Å². The van der Waals surface area contributed by atoms with Crippen LogP contribution >= 0.6 is 24.0 Å². The Balaban J connectivity index is 0.00000272. The number of furan rings is 1. The van der Waals surface area contributed by atoms with Gasteiger partial charge in [-0.05, 0) is 75.4 Å². The van der Waals surface area contributed by atoms with E-state index in [0.29, 0.717) is 12.6 Å². The average Bonchev–Trinajstić information content (AvgIpc) is 3.55. The first-order chi connectivity index (χ1) is 14.8. The summed E-state index contributed by atoms with van der Waals surface area (Å²) >= 11 is 0. The molecule has 0 radical (unpaired) electrons. The van der Waals surface area contributed by atoms with Gasteiger partial charge in [-0.1, -0.05) is 0 Å². The van der Waals surface area contributed by atoms with E-state index in [1.54, 1.807) is 13.3 Å². The SMILES string of the molecule is CN=C(NCc1ccnc(OC2CCCC2)c1)NCC(c1ccco1)N1CCCC1.I. The predicted molar refractivity (Wildman–Crippen MR) is 133 cm³/mol. The summed E-state index contributed by atoms with van der Waals surface area (Å²) in [5.74, 6) is 2.50. The first-order valence-electron chi connectivity index (χ1n) is 11.2. The number of pyridine rings is 1. The maximum absolute atomic E-state index is 6.03. The van der Waals surface area contributed by atoms with Gasteiger partial charge >= 0.3 is 0 Å². The molecule has 2 aromatic rings. The van der Waals surface area contributed by atoms with E-state index in [0.717, 1.165) is 55.6 Å². The fraction of sp³-hybridized carbons (Fsp3) is 0.565. The maximum atomic E-state index is 6.03. The van der Waals surface area contributed by atoms with Crippen molar-refractivity contribution in [1.29, 1.82) is 0 Å². The second kappa shape index (κ2) is 12.3. The van der Waals surface area contributed by atoms with Crippen LogP contribution in [0.3, 0.4) is 0 Å². The van der Waals surface area contributed by atoms with Gasteiger partial charge in [0.15, 0.2) is 5.96 Å². The molecular weight excluding hydrogens is 505 g/mol. The number of rotatable bonds is 8. The van der Waals surface area contributed by atoms with E-state index in [2.05, 4.69) is 31.6 Å². The molecule has 2 aromatic heterocycles. The summed E-state index contributed by atoms with van der Waals surface area (Å²) in [6.07, 6.45) is 11.2. The molecule has 0 amide bonds. The molecule has 1 aliphatic heterocycles. The molecule has 3 heterocycles. The van der Waals surface area contributed by atoms with Crippen LogP contribution in [0.5, 0.6) is 5.88 Å². The van der Waals surface area contributed by atoms with Gasteiger partial charge in [-0.2, -0.15) is 0 Å². The smallest absolute Gasteiger partial charge is 0.213 e. The van der Waals surface area contributed by atoms with Crippen molar-refractivity contribution in [2.45, 2.75) is 57.2 Å². The van der Waals surface area contributed by atoms with Crippen LogP contribution in [0.1, 0.15) is 55.9 Å². The average molecular weight is 539 g/mol. The van der Waals surface area contributed by atoms with Crippen LogP contribution in [0.15, 0.2) is 46.1 Å². The van der Waals surface area contributed by atoms with Crippen LogP contribution in [-0.2, 0) is 6.54 Å². The highest BCUT2D eigenvalue weighted by Crippen LogP contribution is 2.25. The number of hydrogen-bond donors (Lipinski definition) is 2. The van der Waals surface area contributed by atoms with E-state index < -0.39 is 0 Å². The summed E-state index contributed by atoms with van der Waals surface area (Å²) in [5.41, 5.74) is 1.13. The largest absolute Gasteiger partial charge is 0.474 e. The van der Waals surface area contributed by atoms with Crippen molar-refractivity contribution in [3.05, 3.63) is 48.0 Å². The maximum Gasteiger partial charge on any atom is 0.213 e. The molecule has 1 unspecified atom stereocenters. The third kappa shape index (κ3) is 6.83. The van der Waals surface area contributed by atoms with Gasteiger partial charge in [0.2, 0.25) is 5.88 Å². The number of nitrogens with zero attached hydrogens (tertiary/aromatic N) is 3. The number of aromatic nitrogens is 1. The molecule has 1 aliphatic carbocycles. The second-order valence-corrected chi connectivity index (χ2v) is 8.11. The van der Waals surface area contributed by atoms with E-state index in [9.17, 15) is 0 Å². The molecule has 1 saturated carbocycles. The van der Waals surface area contributed by atoms with Crippen LogP contribution in [0.2, 0.25) is 0 Å². The summed E-state index contributed by atoms with van der Waals surface area (Å²) < 4.78 is 11.7. The standard InChI is InChI=1S/C23H33N5O2.HI/c1-24-23(27-17-20(21-9-6-14-29-21)28-12-4-5-13-28)26-16-18-10-11-25-22(15-18)30-19-7-2-3-8-19;/h6,9-11,14-15,19-20H,2-5,7-8,12-13,16-17H2,1H3,(H2,24,26,27);1H. The fourth-order valence-electron chi connectivity index (χ4n) is 4.35. The number of nitrogens with one attached hydrogen (secondary N) is 2. The minimum Gasteiger partial charge on any atom is -0.474 e. The molecule has 31 heavy (non-hydrogen) atoms. The highest BCUT2D eigenvalue weighted by Gasteiger charge is 2.25. The van der Waals surface area contributed by atoms with Crippen LogP contribution in [0.25, 0.3) is 0 Å². The lowest BCUT2D eigenvalue weighted by Crippen LogP contribution is -2.42. The number of guanidine groups is 1. The Morgan fingerprint density at radius 1 is 1.23 bits per heavy atom. The lowest BCUT2D eigenvalue weighted by Gasteiger charge is -2.26. The predicted octanol–water partition coefficient (Wildman–Crippen LogP) is 4.12. The lowest BCUT2D eigenvalue weighted by molar-refractivity contribution is 0.201. The Morgan fingerprint density at radius 3 is 2.74 bits per heavy atom. The van der Waals surface area contributed by atoms with E-state index in [4.69, 9.17) is 9.15 Å². The molecule has 2 aliphatic rings. The zero-order chi connectivity index (χ0) is 20.6. The quantitative estimate of drug-likeness (QED) is 0.299. The molecule has 0 aromatic carbocycles. The van der Waals surface area contributed by atoms with Crippen LogP contribution in [0, 0.1) is 0 Å². The summed E-state index contributed by atoms with van der Waals surface area (Å²) in [7, 11) is 1.80. The highest BCUT2D eigenvalue weighted by atomic mass is 127. The third-order valence-electron chi connectivity index (χ3n) is 5.99. The first kappa shape index (κ1) is 23.8. The number of likely N-dealkylation sites (tertiary alicyclic amines) is 1. The van der Waals surface area contributed by atoms with Gasteiger partial charge in [-0.15, -0.1) is 24.0 Å². The molecule has 0 spiro atoms. The van der Waals surface area contributed by atoms with Gasteiger partial charge in [-0.3, -0.25) is 9.89 Å². The molecule has 8 heteroatoms. The molecule has 170 valence electrons. The second-order valence-electron chi connectivity index (χ2n) is 8.11. The van der Waals surface area contributed by atoms with Crippen LogP contribution in [0.4, 0.5) is 0 Å². The molecule has 0 bridgehead atoms. The van der Waals surface area contributed by atoms with Gasteiger partial charge in [-0.25, -0.2) is 4.98 Å². The summed E-state index contributed by atoms with van der Waals surface area (Å²) in [6.45, 7) is 3.64. The van der Waals surface area contributed by atoms with E-state index in [1.807, 2.05) is 24.4 Å². The van der Waals surface area contributed by atoms with Crippen molar-refractivity contribution in [3.8, 4) is 5.88 Å². The van der Waals surface area contributed by atoms with Crippen molar-refractivity contribution in [2.24, 2.45) is 4.99 Å². The zero-order valence-corrected chi connectivity index (χ0v) is 20.6. The molecule has 1 saturated heterocycles. The summed E-state index contributed by atoms with van der Waals surface area (Å²) in [5, 5.41) is 6.87. The summed E-state index contributed by atoms with van der Waals surface area (Å²) in [6, 6.07) is 8.27. The van der Waals surface area contributed by atoms with Crippen molar-refractivity contribution >= 4 is 29.9 Å². The molecule has 7 nitrogen and oxygen atoms in total. The minimum atomic E-state index is 0. The molecule has 1 atom stereocenters. The van der Waals surface area contributed by atoms with E-state index in [1.165, 1.54) is 25.7 Å². The number of halogens is 1. The third-order valence-corrected chi connectivity index (χ3v) is 5.99. The van der Waals surface area contributed by atoms with Gasteiger partial charge < -0.3 is 19.8 Å². The first-order valence-corrected chi connectivity index (χ1v) is 11.2. The van der Waals surface area contributed by atoms with Crippen LogP contribution in [-0.4, -0.2) is 48.6 Å². The molecule has 2 N–H and O–H groups in total. The van der Waals surface area contributed by atoms with Gasteiger partial charge in [0, 0.05) is 32.4 Å². The van der Waals surface area contributed by atoms with Crippen LogP contribution < -0.4 is 15.4 Å². The van der Waals surface area contributed by atoms with E-state index in [-0.39, 0.29) is 30.0 Å². The fourth-order valence-corrected chi connectivity index (χ4v) is 4.35. The van der Waals surface area contributed by atoms with Gasteiger partial charge in [0.05, 0.1) is 12.3 Å². The lowest BCUT2D eigenvalue weighted by atomic mass is 10.2. The van der Waals surface area contributed by atoms with E-state index >= 15 is 0 Å². The Morgan fingerprint density at radius 2 is 2.03 bits per heavy atom. The monoisotopic (exact) mass is 539 g/mol. The topological polar surface area (TPSA) is 74.9 Å².